The summed E-state index contributed by atoms with van der Waals surface area (Å²) in [5.41, 5.74) is -0.180. The molecule has 100 valence electrons. The van der Waals surface area contributed by atoms with Crippen LogP contribution in [-0.4, -0.2) is 63.4 Å². The molecule has 0 aromatic carbocycles. The average Bonchev–Trinajstić information content (AvgIpc) is 2.67. The van der Waals surface area contributed by atoms with Gasteiger partial charge in [-0.3, -0.25) is 15.0 Å². The second-order valence-electron chi connectivity index (χ2n) is 4.18. The summed E-state index contributed by atoms with van der Waals surface area (Å²) in [6, 6.07) is -0.823. The predicted molar refractivity (Wildman–Crippen MR) is 56.9 cm³/mol. The predicted octanol–water partition coefficient (Wildman–Crippen LogP) is -2.12. The molecule has 0 saturated carbocycles. The van der Waals surface area contributed by atoms with E-state index in [-0.39, 0.29) is 12.0 Å². The van der Waals surface area contributed by atoms with E-state index < -0.39 is 43.2 Å². The van der Waals surface area contributed by atoms with Crippen molar-refractivity contribution >= 4 is 11.9 Å². The summed E-state index contributed by atoms with van der Waals surface area (Å²) in [5, 5.41) is 30.3. The highest BCUT2D eigenvalue weighted by Gasteiger charge is 2.45. The highest BCUT2D eigenvalue weighted by Crippen LogP contribution is 2.27. The van der Waals surface area contributed by atoms with E-state index in [0.29, 0.717) is 0 Å². The normalized spacial score (nSPS) is 37.1. The van der Waals surface area contributed by atoms with Gasteiger partial charge in [0.15, 0.2) is 6.23 Å². The van der Waals surface area contributed by atoms with Crippen molar-refractivity contribution in [2.75, 3.05) is 6.61 Å². The molecule has 1 unspecified atom stereocenters. The van der Waals surface area contributed by atoms with E-state index in [2.05, 4.69) is 6.58 Å². The third kappa shape index (κ3) is 1.99. The zero-order valence-electron chi connectivity index (χ0n) is 9.44. The summed E-state index contributed by atoms with van der Waals surface area (Å²) in [4.78, 5) is 23.7. The Hall–Kier alpha value is -1.48. The Morgan fingerprint density at radius 1 is 1.44 bits per heavy atom. The van der Waals surface area contributed by atoms with Crippen LogP contribution in [0.25, 0.3) is 0 Å². The van der Waals surface area contributed by atoms with Crippen molar-refractivity contribution in [3.8, 4) is 0 Å². The number of imide groups is 1. The molecule has 4 N–H and O–H groups in total. The monoisotopic (exact) mass is 258 g/mol. The molecule has 2 aliphatic heterocycles. The zero-order chi connectivity index (χ0) is 13.4. The molecule has 3 amide bonds. The molecule has 0 aromatic heterocycles. The minimum atomic E-state index is -1.50. The Bertz CT molecular complexity index is 398. The Balaban J connectivity index is 2.15. The van der Waals surface area contributed by atoms with Gasteiger partial charge in [0.05, 0.1) is 18.3 Å². The molecule has 2 rings (SSSR count). The maximum atomic E-state index is 11.6. The standard InChI is InChI=1S/C10H14N2O6/c1-4-8(15)11-10(17)12(9(4)16)7-2-5(14)6(3-13)18-7/h5-7,9,13-14,16H,1-3H2,(H,11,15,17)/t5-,6+,7+,9?/m0/s1. The van der Waals surface area contributed by atoms with Crippen molar-refractivity contribution in [3.05, 3.63) is 12.2 Å². The zero-order valence-corrected chi connectivity index (χ0v) is 9.44. The van der Waals surface area contributed by atoms with E-state index in [0.717, 1.165) is 4.90 Å². The molecule has 2 aliphatic rings. The first kappa shape index (κ1) is 13.0. The molecule has 8 nitrogen and oxygen atoms in total. The number of rotatable bonds is 2. The maximum Gasteiger partial charge on any atom is 0.328 e. The van der Waals surface area contributed by atoms with Gasteiger partial charge in [0.25, 0.3) is 5.91 Å². The molecule has 2 saturated heterocycles. The molecule has 0 spiro atoms. The lowest BCUT2D eigenvalue weighted by Gasteiger charge is -2.36. The average molecular weight is 258 g/mol. The molecule has 0 aliphatic carbocycles. The lowest BCUT2D eigenvalue weighted by atomic mass is 10.1. The van der Waals surface area contributed by atoms with E-state index >= 15 is 0 Å². The van der Waals surface area contributed by atoms with Crippen LogP contribution < -0.4 is 5.32 Å². The fourth-order valence-electron chi connectivity index (χ4n) is 1.98. The van der Waals surface area contributed by atoms with Crippen LogP contribution in [0.1, 0.15) is 6.42 Å². The summed E-state index contributed by atoms with van der Waals surface area (Å²) in [5.74, 6) is -0.749. The van der Waals surface area contributed by atoms with Gasteiger partial charge in [-0.15, -0.1) is 0 Å². The number of ether oxygens (including phenoxy) is 1. The molecule has 8 heteroatoms. The number of carbonyl (C=O) groups is 2. The largest absolute Gasteiger partial charge is 0.394 e. The number of carbonyl (C=O) groups excluding carboxylic acids is 2. The number of nitrogens with zero attached hydrogens (tertiary/aromatic N) is 1. The van der Waals surface area contributed by atoms with Gasteiger partial charge in [0.2, 0.25) is 0 Å². The molecule has 0 bridgehead atoms. The molecular weight excluding hydrogens is 244 g/mol. The molecule has 18 heavy (non-hydrogen) atoms. The van der Waals surface area contributed by atoms with Gasteiger partial charge in [0.1, 0.15) is 12.3 Å². The number of aliphatic hydroxyl groups excluding tert-OH is 3. The van der Waals surface area contributed by atoms with Gasteiger partial charge in [-0.25, -0.2) is 4.79 Å². The van der Waals surface area contributed by atoms with Crippen LogP contribution in [-0.2, 0) is 9.53 Å². The third-order valence-electron chi connectivity index (χ3n) is 3.02. The van der Waals surface area contributed by atoms with Gasteiger partial charge in [-0.05, 0) is 0 Å². The molecule has 2 heterocycles. The van der Waals surface area contributed by atoms with Crippen LogP contribution in [0, 0.1) is 0 Å². The Morgan fingerprint density at radius 3 is 2.67 bits per heavy atom. The Kier molecular flexibility index (Phi) is 3.35. The van der Waals surface area contributed by atoms with E-state index in [1.54, 1.807) is 0 Å². The first-order valence-corrected chi connectivity index (χ1v) is 5.40. The molecule has 2 fully saturated rings. The second-order valence-corrected chi connectivity index (χ2v) is 4.18. The first-order valence-electron chi connectivity index (χ1n) is 5.40. The minimum absolute atomic E-state index is 0.0389. The number of amides is 3. The molecular formula is C10H14N2O6. The van der Waals surface area contributed by atoms with Gasteiger partial charge in [0, 0.05) is 6.42 Å². The highest BCUT2D eigenvalue weighted by atomic mass is 16.5. The smallest absolute Gasteiger partial charge is 0.328 e. The number of hydrogen-bond donors (Lipinski definition) is 4. The van der Waals surface area contributed by atoms with Crippen molar-refractivity contribution in [3.63, 3.8) is 0 Å². The summed E-state index contributed by atoms with van der Waals surface area (Å²) in [7, 11) is 0. The second kappa shape index (κ2) is 4.65. The van der Waals surface area contributed by atoms with Crippen LogP contribution in [0.3, 0.4) is 0 Å². The van der Waals surface area contributed by atoms with Crippen LogP contribution in [0.4, 0.5) is 4.79 Å². The fraction of sp³-hybridized carbons (Fsp3) is 0.600. The van der Waals surface area contributed by atoms with Gasteiger partial charge < -0.3 is 20.1 Å². The number of urea groups is 1. The highest BCUT2D eigenvalue weighted by molar-refractivity contribution is 6.06. The molecule has 0 radical (unpaired) electrons. The summed E-state index contributed by atoms with van der Waals surface area (Å²) in [6.07, 6.45) is -4.14. The summed E-state index contributed by atoms with van der Waals surface area (Å²) < 4.78 is 5.24. The minimum Gasteiger partial charge on any atom is -0.394 e. The van der Waals surface area contributed by atoms with E-state index in [4.69, 9.17) is 9.84 Å². The maximum absolute atomic E-state index is 11.6. The fourth-order valence-corrected chi connectivity index (χ4v) is 1.98. The van der Waals surface area contributed by atoms with Crippen molar-refractivity contribution < 1.29 is 29.6 Å². The van der Waals surface area contributed by atoms with Crippen LogP contribution in [0.15, 0.2) is 12.2 Å². The van der Waals surface area contributed by atoms with E-state index in [1.807, 2.05) is 5.32 Å². The Labute approximate surface area is 102 Å². The van der Waals surface area contributed by atoms with E-state index in [9.17, 15) is 19.8 Å². The van der Waals surface area contributed by atoms with Crippen molar-refractivity contribution in [2.24, 2.45) is 0 Å². The quantitative estimate of drug-likeness (QED) is 0.420. The topological polar surface area (TPSA) is 119 Å². The Morgan fingerprint density at radius 2 is 2.11 bits per heavy atom. The van der Waals surface area contributed by atoms with Gasteiger partial charge in [-0.1, -0.05) is 6.58 Å². The lowest BCUT2D eigenvalue weighted by Crippen LogP contribution is -2.59. The van der Waals surface area contributed by atoms with Crippen molar-refractivity contribution in [1.82, 2.24) is 10.2 Å². The van der Waals surface area contributed by atoms with E-state index in [1.165, 1.54) is 0 Å². The number of hydrogen-bond acceptors (Lipinski definition) is 6. The first-order chi connectivity index (χ1) is 8.45. The third-order valence-corrected chi connectivity index (χ3v) is 3.02. The van der Waals surface area contributed by atoms with Crippen molar-refractivity contribution in [1.29, 1.82) is 0 Å². The van der Waals surface area contributed by atoms with Crippen LogP contribution in [0.2, 0.25) is 0 Å². The number of aliphatic hydroxyl groups is 3. The SMILES string of the molecule is C=C1C(=O)NC(=O)N([C@H]2C[C@H](O)[C@@H](CO)O2)C1O. The molecule has 4 atom stereocenters. The van der Waals surface area contributed by atoms with Gasteiger partial charge >= 0.3 is 6.03 Å². The molecule has 0 aromatic rings. The van der Waals surface area contributed by atoms with Gasteiger partial charge in [-0.2, -0.15) is 0 Å². The van der Waals surface area contributed by atoms with Crippen molar-refractivity contribution in [2.45, 2.75) is 31.1 Å². The summed E-state index contributed by atoms with van der Waals surface area (Å²) in [6.45, 7) is 2.97. The lowest BCUT2D eigenvalue weighted by molar-refractivity contribution is -0.129. The number of nitrogens with one attached hydrogen (secondary N) is 1. The van der Waals surface area contributed by atoms with Crippen LogP contribution in [0.5, 0.6) is 0 Å². The van der Waals surface area contributed by atoms with Crippen LogP contribution >= 0.6 is 0 Å². The summed E-state index contributed by atoms with van der Waals surface area (Å²) >= 11 is 0.